The fourth-order valence-corrected chi connectivity index (χ4v) is 7.84. The highest BCUT2D eigenvalue weighted by atomic mass is 16.5. The van der Waals surface area contributed by atoms with Gasteiger partial charge in [0.25, 0.3) is 0 Å². The van der Waals surface area contributed by atoms with E-state index in [9.17, 15) is 5.11 Å². The minimum Gasteiger partial charge on any atom is -0.508 e. The molecule has 0 saturated carbocycles. The second kappa shape index (κ2) is 9.12. The van der Waals surface area contributed by atoms with E-state index in [1.807, 2.05) is 24.4 Å². The lowest BCUT2D eigenvalue weighted by Crippen LogP contribution is -2.51. The maximum absolute atomic E-state index is 10.7. The van der Waals surface area contributed by atoms with Crippen LogP contribution in [0.3, 0.4) is 0 Å². The number of aromatic amines is 1. The molecule has 2 bridgehead atoms. The molecular formula is C32H34N6O2. The third-order valence-corrected chi connectivity index (χ3v) is 9.69. The Morgan fingerprint density at radius 1 is 1.07 bits per heavy atom. The molecule has 204 valence electrons. The summed E-state index contributed by atoms with van der Waals surface area (Å²) in [5.74, 6) is 3.91. The van der Waals surface area contributed by atoms with Gasteiger partial charge in [0.15, 0.2) is 5.82 Å². The number of aromatic nitrogens is 3. The van der Waals surface area contributed by atoms with Crippen molar-refractivity contribution < 1.29 is 9.84 Å². The van der Waals surface area contributed by atoms with Crippen molar-refractivity contribution >= 4 is 27.6 Å². The van der Waals surface area contributed by atoms with Crippen LogP contribution in [0.25, 0.3) is 32.9 Å². The number of benzene rings is 2. The van der Waals surface area contributed by atoms with Gasteiger partial charge in [-0.1, -0.05) is 18.1 Å². The van der Waals surface area contributed by atoms with E-state index >= 15 is 0 Å². The van der Waals surface area contributed by atoms with Gasteiger partial charge in [0.1, 0.15) is 23.4 Å². The fourth-order valence-electron chi connectivity index (χ4n) is 7.84. The quantitative estimate of drug-likeness (QED) is 0.327. The number of terminal acetylenes is 1. The lowest BCUT2D eigenvalue weighted by Gasteiger charge is -2.34. The van der Waals surface area contributed by atoms with Crippen molar-refractivity contribution in [3.63, 3.8) is 0 Å². The van der Waals surface area contributed by atoms with E-state index in [2.05, 4.69) is 26.0 Å². The molecule has 4 aliphatic heterocycles. The Balaban J connectivity index is 1.27. The zero-order valence-electron chi connectivity index (χ0n) is 22.6. The third kappa shape index (κ3) is 3.75. The van der Waals surface area contributed by atoms with Gasteiger partial charge in [-0.05, 0) is 80.8 Å². The average Bonchev–Trinajstić information content (AvgIpc) is 3.73. The number of nitrogens with one attached hydrogen (secondary N) is 2. The molecule has 8 heteroatoms. The third-order valence-electron chi connectivity index (χ3n) is 9.69. The first-order chi connectivity index (χ1) is 19.6. The summed E-state index contributed by atoms with van der Waals surface area (Å²) >= 11 is 0. The molecular weight excluding hydrogens is 500 g/mol. The number of fused-ring (bicyclic) bond motifs is 5. The Kier molecular flexibility index (Phi) is 5.48. The van der Waals surface area contributed by atoms with Crippen molar-refractivity contribution in [2.24, 2.45) is 0 Å². The molecule has 8 nitrogen and oxygen atoms in total. The molecule has 0 amide bonds. The van der Waals surface area contributed by atoms with E-state index in [0.717, 1.165) is 70.5 Å². The number of H-pyrrole nitrogens is 1. The molecule has 0 radical (unpaired) electrons. The molecule has 2 atom stereocenters. The summed E-state index contributed by atoms with van der Waals surface area (Å²) in [5.41, 5.74) is 4.30. The first-order valence-electron chi connectivity index (χ1n) is 14.6. The van der Waals surface area contributed by atoms with Crippen molar-refractivity contribution in [3.05, 3.63) is 42.1 Å². The van der Waals surface area contributed by atoms with Crippen LogP contribution in [-0.2, 0) is 0 Å². The minimum absolute atomic E-state index is 0.108. The topological polar surface area (TPSA) is 89.5 Å². The number of aromatic hydroxyl groups is 1. The highest BCUT2D eigenvalue weighted by Gasteiger charge is 2.45. The Morgan fingerprint density at radius 2 is 1.88 bits per heavy atom. The number of hydrogen-bond donors (Lipinski definition) is 3. The van der Waals surface area contributed by atoms with Crippen LogP contribution in [0.5, 0.6) is 11.8 Å². The lowest BCUT2D eigenvalue weighted by molar-refractivity contribution is 0.108. The van der Waals surface area contributed by atoms with Crippen LogP contribution in [0.15, 0.2) is 36.5 Å². The zero-order valence-corrected chi connectivity index (χ0v) is 22.6. The molecule has 2 aromatic heterocycles. The monoisotopic (exact) mass is 534 g/mol. The molecule has 4 aromatic rings. The van der Waals surface area contributed by atoms with E-state index < -0.39 is 0 Å². The predicted molar refractivity (Wildman–Crippen MR) is 157 cm³/mol. The van der Waals surface area contributed by atoms with Crippen LogP contribution in [0.2, 0.25) is 0 Å². The molecule has 3 N–H and O–H groups in total. The van der Waals surface area contributed by atoms with Crippen LogP contribution < -0.4 is 15.0 Å². The molecule has 4 aliphatic rings. The van der Waals surface area contributed by atoms with Gasteiger partial charge < -0.3 is 25.0 Å². The van der Waals surface area contributed by atoms with E-state index in [0.29, 0.717) is 24.7 Å². The zero-order chi connectivity index (χ0) is 26.8. The maximum atomic E-state index is 10.7. The van der Waals surface area contributed by atoms with Crippen molar-refractivity contribution in [1.82, 2.24) is 25.2 Å². The summed E-state index contributed by atoms with van der Waals surface area (Å²) in [7, 11) is 0. The molecule has 40 heavy (non-hydrogen) atoms. The van der Waals surface area contributed by atoms with Gasteiger partial charge in [0, 0.05) is 47.9 Å². The van der Waals surface area contributed by atoms with Gasteiger partial charge in [-0.15, -0.1) is 6.42 Å². The van der Waals surface area contributed by atoms with E-state index in [-0.39, 0.29) is 11.3 Å². The number of phenolic OH excluding ortho intramolecular Hbond substituents is 1. The number of rotatable bonds is 5. The van der Waals surface area contributed by atoms with Crippen molar-refractivity contribution in [1.29, 1.82) is 0 Å². The molecule has 0 spiro atoms. The smallest absolute Gasteiger partial charge is 0.319 e. The minimum atomic E-state index is 0.108. The molecule has 4 fully saturated rings. The van der Waals surface area contributed by atoms with Gasteiger partial charge in [0.05, 0.1) is 5.54 Å². The summed E-state index contributed by atoms with van der Waals surface area (Å²) < 4.78 is 6.52. The Bertz CT molecular complexity index is 1650. The number of nitrogens with zero attached hydrogens (tertiary/aromatic N) is 4. The van der Waals surface area contributed by atoms with E-state index in [1.54, 1.807) is 12.1 Å². The standard InChI is InChI=1S/C32H34N6O2/c1-2-20-6-3-7-21-14-24(39)15-25(27(20)21)26-16-33-29-28(26)35-31(40-19-32-10-4-12-38(32)13-5-11-32)36-30(29)37-17-22-8-9-23(18-37)34-22/h1,3,6-7,14-16,22-23,33-34,39H,4-5,8-13,17-19H2. The number of anilines is 1. The first kappa shape index (κ1) is 24.0. The number of ether oxygens (including phenoxy) is 1. The highest BCUT2D eigenvalue weighted by molar-refractivity contribution is 6.08. The van der Waals surface area contributed by atoms with Crippen LogP contribution >= 0.6 is 0 Å². The van der Waals surface area contributed by atoms with E-state index in [1.165, 1.54) is 38.5 Å². The van der Waals surface area contributed by atoms with Gasteiger partial charge >= 0.3 is 6.01 Å². The van der Waals surface area contributed by atoms with E-state index in [4.69, 9.17) is 21.1 Å². The summed E-state index contributed by atoms with van der Waals surface area (Å²) in [6.07, 6.45) is 15.1. The maximum Gasteiger partial charge on any atom is 0.319 e. The van der Waals surface area contributed by atoms with Gasteiger partial charge in [-0.2, -0.15) is 9.97 Å². The van der Waals surface area contributed by atoms with Crippen LogP contribution in [0.4, 0.5) is 5.82 Å². The van der Waals surface area contributed by atoms with Crippen molar-refractivity contribution in [2.45, 2.75) is 56.1 Å². The SMILES string of the molecule is C#Cc1cccc2cc(O)cc(-c3c[nH]c4c(N5CC6CCC(C5)N6)nc(OCC56CCCN5CCC6)nc34)c12. The highest BCUT2D eigenvalue weighted by Crippen LogP contribution is 2.42. The Morgan fingerprint density at radius 3 is 2.65 bits per heavy atom. The van der Waals surface area contributed by atoms with Gasteiger partial charge in [-0.3, -0.25) is 4.90 Å². The molecule has 4 saturated heterocycles. The molecule has 2 aromatic carbocycles. The lowest BCUT2D eigenvalue weighted by atomic mass is 9.95. The van der Waals surface area contributed by atoms with Crippen LogP contribution in [-0.4, -0.2) is 75.4 Å². The summed E-state index contributed by atoms with van der Waals surface area (Å²) in [4.78, 5) is 18.6. The van der Waals surface area contributed by atoms with Crippen LogP contribution in [0.1, 0.15) is 44.1 Å². The Labute approximate surface area is 233 Å². The molecule has 8 rings (SSSR count). The number of hydrogen-bond acceptors (Lipinski definition) is 7. The summed E-state index contributed by atoms with van der Waals surface area (Å²) in [6, 6.07) is 10.8. The van der Waals surface area contributed by atoms with Crippen molar-refractivity contribution in [3.8, 4) is 35.2 Å². The van der Waals surface area contributed by atoms with Gasteiger partial charge in [0.2, 0.25) is 0 Å². The van der Waals surface area contributed by atoms with Crippen molar-refractivity contribution in [2.75, 3.05) is 37.7 Å². The summed E-state index contributed by atoms with van der Waals surface area (Å²) in [5, 5.41) is 16.2. The average molecular weight is 535 g/mol. The van der Waals surface area contributed by atoms with Crippen LogP contribution in [0, 0.1) is 12.3 Å². The first-order valence-corrected chi connectivity index (χ1v) is 14.6. The largest absolute Gasteiger partial charge is 0.508 e. The predicted octanol–water partition coefficient (Wildman–Crippen LogP) is 4.41. The molecule has 2 unspecified atom stereocenters. The second-order valence-corrected chi connectivity index (χ2v) is 12.0. The number of phenols is 1. The normalized spacial score (nSPS) is 23.6. The summed E-state index contributed by atoms with van der Waals surface area (Å²) in [6.45, 7) is 4.74. The molecule has 6 heterocycles. The fraction of sp³-hybridized carbons (Fsp3) is 0.438. The van der Waals surface area contributed by atoms with Gasteiger partial charge in [-0.25, -0.2) is 0 Å². The number of piperazine rings is 1. The second-order valence-electron chi connectivity index (χ2n) is 12.0. The Hall–Kier alpha value is -3.80. The molecule has 0 aliphatic carbocycles.